The van der Waals surface area contributed by atoms with Gasteiger partial charge in [0.05, 0.1) is 23.9 Å². The van der Waals surface area contributed by atoms with E-state index in [1.165, 1.54) is 4.90 Å². The first-order valence-electron chi connectivity index (χ1n) is 11.6. The molecule has 1 amide bonds. The van der Waals surface area contributed by atoms with Crippen LogP contribution < -0.4 is 9.64 Å². The highest BCUT2D eigenvalue weighted by molar-refractivity contribution is 7.17. The van der Waals surface area contributed by atoms with E-state index >= 15 is 0 Å². The molecule has 1 aromatic heterocycles. The summed E-state index contributed by atoms with van der Waals surface area (Å²) in [4.78, 5) is 45.0. The Morgan fingerprint density at radius 2 is 1.97 bits per heavy atom. The van der Waals surface area contributed by atoms with Crippen molar-refractivity contribution in [3.63, 3.8) is 0 Å². The fraction of sp³-hybridized carbons (Fsp3) is 0.259. The first-order chi connectivity index (χ1) is 17.3. The first kappa shape index (κ1) is 23.7. The van der Waals surface area contributed by atoms with Crippen molar-refractivity contribution in [2.24, 2.45) is 0 Å². The fourth-order valence-electron chi connectivity index (χ4n) is 4.58. The van der Waals surface area contributed by atoms with Gasteiger partial charge in [-0.25, -0.2) is 9.78 Å². The van der Waals surface area contributed by atoms with Crippen LogP contribution in [0.15, 0.2) is 54.1 Å². The third-order valence-electron chi connectivity index (χ3n) is 6.18. The molecule has 2 aliphatic heterocycles. The minimum atomic E-state index is -0.921. The molecule has 2 aromatic carbocycles. The highest BCUT2D eigenvalue weighted by atomic mass is 32.1. The summed E-state index contributed by atoms with van der Waals surface area (Å²) in [5, 5.41) is 11.6. The Hall–Kier alpha value is -3.98. The number of esters is 1. The van der Waals surface area contributed by atoms with Crippen LogP contribution in [0.5, 0.6) is 5.75 Å². The van der Waals surface area contributed by atoms with Crippen molar-refractivity contribution in [1.82, 2.24) is 4.98 Å². The molecule has 2 aliphatic rings. The highest BCUT2D eigenvalue weighted by Crippen LogP contribution is 2.44. The van der Waals surface area contributed by atoms with E-state index < -0.39 is 23.7 Å². The number of aromatic nitrogens is 1. The van der Waals surface area contributed by atoms with Crippen LogP contribution in [0, 0.1) is 6.92 Å². The second-order valence-electron chi connectivity index (χ2n) is 8.67. The molecule has 3 aromatic rings. The Labute approximate surface area is 211 Å². The van der Waals surface area contributed by atoms with Gasteiger partial charge in [-0.1, -0.05) is 41.7 Å². The largest absolute Gasteiger partial charge is 0.507 e. The second-order valence-corrected chi connectivity index (χ2v) is 9.64. The van der Waals surface area contributed by atoms with Gasteiger partial charge in [0.2, 0.25) is 0 Å². The molecule has 2 atom stereocenters. The van der Waals surface area contributed by atoms with Crippen molar-refractivity contribution >= 4 is 39.9 Å². The average Bonchev–Trinajstić information content (AvgIpc) is 3.51. The van der Waals surface area contributed by atoms with Crippen LogP contribution in [0.1, 0.15) is 51.9 Å². The van der Waals surface area contributed by atoms with Gasteiger partial charge < -0.3 is 14.6 Å². The number of amides is 1. The van der Waals surface area contributed by atoms with Gasteiger partial charge in [0.1, 0.15) is 22.5 Å². The van der Waals surface area contributed by atoms with Gasteiger partial charge in [-0.2, -0.15) is 0 Å². The van der Waals surface area contributed by atoms with Crippen LogP contribution in [-0.4, -0.2) is 40.5 Å². The SMILES string of the molecule is CCOC(=O)c1sc(N2C(=O)C(=O)/C(=C(/O)c3ccc4c(c3)CC(C)O4)C2c2ccccc2)nc1C. The van der Waals surface area contributed by atoms with Crippen molar-refractivity contribution in [1.29, 1.82) is 0 Å². The zero-order valence-electron chi connectivity index (χ0n) is 20.0. The number of Topliss-reactive ketones (excluding diaryl/α,β-unsaturated/α-hetero) is 1. The van der Waals surface area contributed by atoms with Crippen LogP contribution in [0.3, 0.4) is 0 Å². The number of carbonyl (C=O) groups is 3. The molecule has 1 fully saturated rings. The Kier molecular flexibility index (Phi) is 6.09. The summed E-state index contributed by atoms with van der Waals surface area (Å²) in [6.07, 6.45) is 0.705. The molecular formula is C27H24N2O6S. The molecule has 0 spiro atoms. The van der Waals surface area contributed by atoms with Crippen LogP contribution in [-0.2, 0) is 20.7 Å². The maximum absolute atomic E-state index is 13.4. The van der Waals surface area contributed by atoms with E-state index in [-0.39, 0.29) is 34.1 Å². The lowest BCUT2D eigenvalue weighted by atomic mass is 9.94. The number of carbonyl (C=O) groups excluding carboxylic acids is 3. The topological polar surface area (TPSA) is 106 Å². The summed E-state index contributed by atoms with van der Waals surface area (Å²) >= 11 is 0.982. The number of aliphatic hydroxyl groups excluding tert-OH is 1. The highest BCUT2D eigenvalue weighted by Gasteiger charge is 2.48. The normalized spacial score (nSPS) is 20.4. The van der Waals surface area contributed by atoms with E-state index in [4.69, 9.17) is 9.47 Å². The maximum atomic E-state index is 13.4. The molecule has 9 heteroatoms. The minimum Gasteiger partial charge on any atom is -0.507 e. The third-order valence-corrected chi connectivity index (χ3v) is 7.32. The molecule has 3 heterocycles. The molecule has 0 radical (unpaired) electrons. The Morgan fingerprint density at radius 3 is 2.69 bits per heavy atom. The zero-order chi connectivity index (χ0) is 25.6. The second kappa shape index (κ2) is 9.23. The lowest BCUT2D eigenvalue weighted by Crippen LogP contribution is -2.29. The average molecular weight is 505 g/mol. The number of ketones is 1. The number of anilines is 1. The van der Waals surface area contributed by atoms with Crippen molar-refractivity contribution in [2.45, 2.75) is 39.3 Å². The quantitative estimate of drug-likeness (QED) is 0.235. The summed E-state index contributed by atoms with van der Waals surface area (Å²) in [6, 6.07) is 13.3. The van der Waals surface area contributed by atoms with Gasteiger partial charge in [0.15, 0.2) is 5.13 Å². The number of aliphatic hydroxyl groups is 1. The van der Waals surface area contributed by atoms with Gasteiger partial charge in [-0.15, -0.1) is 0 Å². The van der Waals surface area contributed by atoms with E-state index in [9.17, 15) is 19.5 Å². The number of thiazole rings is 1. The van der Waals surface area contributed by atoms with Crippen molar-refractivity contribution in [3.05, 3.63) is 81.4 Å². The number of fused-ring (bicyclic) bond motifs is 1. The van der Waals surface area contributed by atoms with Crippen molar-refractivity contribution in [2.75, 3.05) is 11.5 Å². The van der Waals surface area contributed by atoms with E-state index in [2.05, 4.69) is 4.98 Å². The van der Waals surface area contributed by atoms with Crippen molar-refractivity contribution in [3.8, 4) is 5.75 Å². The van der Waals surface area contributed by atoms with Crippen LogP contribution >= 0.6 is 11.3 Å². The zero-order valence-corrected chi connectivity index (χ0v) is 20.8. The molecule has 1 N–H and O–H groups in total. The number of hydrogen-bond donors (Lipinski definition) is 1. The smallest absolute Gasteiger partial charge is 0.350 e. The number of benzene rings is 2. The molecular weight excluding hydrogens is 480 g/mol. The summed E-state index contributed by atoms with van der Waals surface area (Å²) in [5.41, 5.74) is 2.33. The third kappa shape index (κ3) is 3.95. The molecule has 36 heavy (non-hydrogen) atoms. The Morgan fingerprint density at radius 1 is 1.22 bits per heavy atom. The van der Waals surface area contributed by atoms with Crippen LogP contribution in [0.2, 0.25) is 0 Å². The lowest BCUT2D eigenvalue weighted by Gasteiger charge is -2.23. The first-order valence-corrected chi connectivity index (χ1v) is 12.4. The van der Waals surface area contributed by atoms with E-state index in [1.807, 2.05) is 13.0 Å². The van der Waals surface area contributed by atoms with Crippen molar-refractivity contribution < 1.29 is 29.0 Å². The van der Waals surface area contributed by atoms with E-state index in [1.54, 1.807) is 56.3 Å². The standard InChI is InChI=1S/C27H24N2O6S/c1-4-34-26(33)24-15(3)28-27(36-24)29-21(16-8-6-5-7-9-16)20(23(31)25(29)32)22(30)17-10-11-19-18(13-17)12-14(2)35-19/h5-11,13-14,21,30H,4,12H2,1-3H3/b22-20+. The van der Waals surface area contributed by atoms with Crippen LogP contribution in [0.25, 0.3) is 5.76 Å². The molecule has 2 unspecified atom stereocenters. The predicted molar refractivity (Wildman–Crippen MR) is 134 cm³/mol. The summed E-state index contributed by atoms with van der Waals surface area (Å²) in [5.74, 6) is -1.72. The summed E-state index contributed by atoms with van der Waals surface area (Å²) in [7, 11) is 0. The lowest BCUT2D eigenvalue weighted by molar-refractivity contribution is -0.132. The summed E-state index contributed by atoms with van der Waals surface area (Å²) in [6.45, 7) is 5.51. The van der Waals surface area contributed by atoms with Crippen LogP contribution in [0.4, 0.5) is 5.13 Å². The molecule has 0 saturated carbocycles. The minimum absolute atomic E-state index is 0.0223. The Balaban J connectivity index is 1.65. The van der Waals surface area contributed by atoms with E-state index in [0.29, 0.717) is 23.2 Å². The van der Waals surface area contributed by atoms with Gasteiger partial charge in [0.25, 0.3) is 5.78 Å². The van der Waals surface area contributed by atoms with Gasteiger partial charge >= 0.3 is 11.9 Å². The number of ether oxygens (including phenoxy) is 2. The predicted octanol–water partition coefficient (Wildman–Crippen LogP) is 4.58. The number of nitrogens with zero attached hydrogens (tertiary/aromatic N) is 2. The maximum Gasteiger partial charge on any atom is 0.350 e. The van der Waals surface area contributed by atoms with Gasteiger partial charge in [-0.05, 0) is 50.1 Å². The molecule has 0 aliphatic carbocycles. The van der Waals surface area contributed by atoms with Gasteiger partial charge in [0, 0.05) is 12.0 Å². The van der Waals surface area contributed by atoms with E-state index in [0.717, 1.165) is 22.6 Å². The number of aryl methyl sites for hydroxylation is 1. The monoisotopic (exact) mass is 504 g/mol. The molecule has 1 saturated heterocycles. The molecule has 0 bridgehead atoms. The Bertz CT molecular complexity index is 1410. The summed E-state index contributed by atoms with van der Waals surface area (Å²) < 4.78 is 10.9. The molecule has 5 rings (SSSR count). The number of hydrogen-bond acceptors (Lipinski definition) is 8. The fourth-order valence-corrected chi connectivity index (χ4v) is 5.56. The molecule has 8 nitrogen and oxygen atoms in total. The van der Waals surface area contributed by atoms with Gasteiger partial charge in [-0.3, -0.25) is 14.5 Å². The number of rotatable bonds is 5. The molecule has 184 valence electrons.